The number of hydrogen-bond acceptors (Lipinski definition) is 5. The van der Waals surface area contributed by atoms with Crippen LogP contribution in [0.3, 0.4) is 0 Å². The Hall–Kier alpha value is -2.74. The van der Waals surface area contributed by atoms with Gasteiger partial charge in [-0.3, -0.25) is 19.7 Å². The number of pyridine rings is 1. The summed E-state index contributed by atoms with van der Waals surface area (Å²) in [7, 11) is 0. The van der Waals surface area contributed by atoms with Gasteiger partial charge in [-0.05, 0) is 12.5 Å². The van der Waals surface area contributed by atoms with Gasteiger partial charge in [0, 0.05) is 41.7 Å². The summed E-state index contributed by atoms with van der Waals surface area (Å²) >= 11 is 0. The summed E-state index contributed by atoms with van der Waals surface area (Å²) in [5, 5.41) is 14.1. The molecule has 0 aliphatic heterocycles. The highest BCUT2D eigenvalue weighted by Gasteiger charge is 2.17. The molecule has 1 atom stereocenters. The van der Waals surface area contributed by atoms with Gasteiger partial charge in [0.25, 0.3) is 11.6 Å². The van der Waals surface area contributed by atoms with Gasteiger partial charge in [0.2, 0.25) is 5.56 Å². The SMILES string of the molecule is CCCCC(CN)NC(=O)c1cc(=O)[nH]c2ccc([N+](=O)[O-])cc12. The molecular weight excluding hydrogens is 312 g/mol. The predicted octanol–water partition coefficient (Wildman–Crippen LogP) is 1.68. The van der Waals surface area contributed by atoms with Gasteiger partial charge in [0.05, 0.1) is 10.5 Å². The summed E-state index contributed by atoms with van der Waals surface area (Å²) in [5.74, 6) is -0.460. The number of nitrogens with two attached hydrogens (primary N) is 1. The molecule has 24 heavy (non-hydrogen) atoms. The van der Waals surface area contributed by atoms with Crippen molar-refractivity contribution in [1.82, 2.24) is 10.3 Å². The van der Waals surface area contributed by atoms with Crippen LogP contribution < -0.4 is 16.6 Å². The molecule has 128 valence electrons. The highest BCUT2D eigenvalue weighted by molar-refractivity contribution is 6.06. The number of aromatic nitrogens is 1. The molecule has 1 amide bonds. The first-order valence-electron chi connectivity index (χ1n) is 7.78. The summed E-state index contributed by atoms with van der Waals surface area (Å²) in [6.45, 7) is 2.33. The van der Waals surface area contributed by atoms with E-state index in [0.29, 0.717) is 10.9 Å². The zero-order valence-electron chi connectivity index (χ0n) is 13.4. The predicted molar refractivity (Wildman–Crippen MR) is 91.1 cm³/mol. The van der Waals surface area contributed by atoms with Gasteiger partial charge >= 0.3 is 0 Å². The highest BCUT2D eigenvalue weighted by atomic mass is 16.6. The molecule has 0 saturated heterocycles. The minimum atomic E-state index is -0.545. The second kappa shape index (κ2) is 7.69. The van der Waals surface area contributed by atoms with Crippen molar-refractivity contribution in [2.45, 2.75) is 32.2 Å². The smallest absolute Gasteiger partial charge is 0.270 e. The minimum absolute atomic E-state index is 0.104. The van der Waals surface area contributed by atoms with E-state index in [1.165, 1.54) is 18.2 Å². The van der Waals surface area contributed by atoms with E-state index in [1.54, 1.807) is 0 Å². The van der Waals surface area contributed by atoms with Crippen LogP contribution in [0.15, 0.2) is 29.1 Å². The Morgan fingerprint density at radius 3 is 2.79 bits per heavy atom. The van der Waals surface area contributed by atoms with E-state index in [0.717, 1.165) is 25.3 Å². The Balaban J connectivity index is 2.42. The highest BCUT2D eigenvalue weighted by Crippen LogP contribution is 2.21. The average Bonchev–Trinajstić information content (AvgIpc) is 2.56. The molecule has 0 fully saturated rings. The lowest BCUT2D eigenvalue weighted by Gasteiger charge is -2.17. The van der Waals surface area contributed by atoms with Crippen LogP contribution in [0.2, 0.25) is 0 Å². The number of nitro groups is 1. The van der Waals surface area contributed by atoms with Crippen LogP contribution in [0, 0.1) is 10.1 Å². The molecule has 0 radical (unpaired) electrons. The second-order valence-electron chi connectivity index (χ2n) is 5.58. The Labute approximate surface area is 138 Å². The maximum absolute atomic E-state index is 12.5. The second-order valence-corrected chi connectivity index (χ2v) is 5.58. The molecule has 0 spiro atoms. The number of amides is 1. The Kier molecular flexibility index (Phi) is 5.64. The van der Waals surface area contributed by atoms with Crippen molar-refractivity contribution in [3.63, 3.8) is 0 Å². The summed E-state index contributed by atoms with van der Waals surface area (Å²) in [4.78, 5) is 37.3. The van der Waals surface area contributed by atoms with Crippen molar-refractivity contribution in [3.8, 4) is 0 Å². The number of hydrogen-bond donors (Lipinski definition) is 3. The number of aromatic amines is 1. The van der Waals surface area contributed by atoms with Gasteiger partial charge in [0.1, 0.15) is 0 Å². The molecule has 0 aliphatic rings. The summed E-state index contributed by atoms with van der Waals surface area (Å²) < 4.78 is 0. The maximum Gasteiger partial charge on any atom is 0.270 e. The molecule has 0 aliphatic carbocycles. The normalized spacial score (nSPS) is 12.1. The Bertz CT molecular complexity index is 815. The fourth-order valence-corrected chi connectivity index (χ4v) is 2.51. The summed E-state index contributed by atoms with van der Waals surface area (Å²) in [6, 6.07) is 4.93. The molecule has 1 aromatic carbocycles. The topological polar surface area (TPSA) is 131 Å². The van der Waals surface area contributed by atoms with E-state index < -0.39 is 16.4 Å². The van der Waals surface area contributed by atoms with Gasteiger partial charge < -0.3 is 16.0 Å². The number of carbonyl (C=O) groups excluding carboxylic acids is 1. The first-order chi connectivity index (χ1) is 11.5. The number of nitro benzene ring substituents is 1. The molecule has 0 bridgehead atoms. The van der Waals surface area contributed by atoms with E-state index >= 15 is 0 Å². The lowest BCUT2D eigenvalue weighted by Crippen LogP contribution is -2.40. The van der Waals surface area contributed by atoms with E-state index in [4.69, 9.17) is 5.73 Å². The molecule has 1 aromatic heterocycles. The van der Waals surface area contributed by atoms with Gasteiger partial charge in [0.15, 0.2) is 0 Å². The molecule has 8 nitrogen and oxygen atoms in total. The lowest BCUT2D eigenvalue weighted by molar-refractivity contribution is -0.384. The molecule has 0 saturated carbocycles. The Morgan fingerprint density at radius 2 is 2.17 bits per heavy atom. The summed E-state index contributed by atoms with van der Waals surface area (Å²) in [6.07, 6.45) is 2.64. The van der Waals surface area contributed by atoms with E-state index in [2.05, 4.69) is 10.3 Å². The number of H-pyrrole nitrogens is 1. The standard InChI is InChI=1S/C16H20N4O4/c1-2-3-4-10(9-17)18-16(22)13-8-15(21)19-14-6-5-11(20(23)24)7-12(13)14/h5-8,10H,2-4,9,17H2,1H3,(H,18,22)(H,19,21). The maximum atomic E-state index is 12.5. The van der Waals surface area contributed by atoms with Gasteiger partial charge in [-0.15, -0.1) is 0 Å². The monoisotopic (exact) mass is 332 g/mol. The molecular formula is C16H20N4O4. The number of non-ortho nitro benzene ring substituents is 1. The van der Waals surface area contributed by atoms with Crippen LogP contribution in [0.25, 0.3) is 10.9 Å². The van der Waals surface area contributed by atoms with Crippen molar-refractivity contribution in [1.29, 1.82) is 0 Å². The molecule has 2 aromatic rings. The average molecular weight is 332 g/mol. The van der Waals surface area contributed by atoms with Crippen LogP contribution in [0.4, 0.5) is 5.69 Å². The van der Waals surface area contributed by atoms with Gasteiger partial charge in [-0.1, -0.05) is 19.8 Å². The molecule has 4 N–H and O–H groups in total. The van der Waals surface area contributed by atoms with Crippen LogP contribution >= 0.6 is 0 Å². The molecule has 1 heterocycles. The first kappa shape index (κ1) is 17.6. The van der Waals surface area contributed by atoms with Crippen LogP contribution in [0.1, 0.15) is 36.5 Å². The van der Waals surface area contributed by atoms with Crippen LogP contribution in [0.5, 0.6) is 0 Å². The zero-order chi connectivity index (χ0) is 17.7. The van der Waals surface area contributed by atoms with Crippen LogP contribution in [-0.2, 0) is 0 Å². The molecule has 2 rings (SSSR count). The number of carbonyl (C=O) groups is 1. The largest absolute Gasteiger partial charge is 0.348 e. The van der Waals surface area contributed by atoms with Crippen molar-refractivity contribution in [3.05, 3.63) is 50.3 Å². The molecule has 8 heteroatoms. The van der Waals surface area contributed by atoms with Crippen molar-refractivity contribution in [2.75, 3.05) is 6.54 Å². The lowest BCUT2D eigenvalue weighted by atomic mass is 10.1. The molecule has 1 unspecified atom stereocenters. The number of benzene rings is 1. The number of nitrogens with zero attached hydrogens (tertiary/aromatic N) is 1. The number of rotatable bonds is 7. The minimum Gasteiger partial charge on any atom is -0.348 e. The Morgan fingerprint density at radius 1 is 1.42 bits per heavy atom. The van der Waals surface area contributed by atoms with Crippen molar-refractivity contribution < 1.29 is 9.72 Å². The van der Waals surface area contributed by atoms with E-state index in [9.17, 15) is 19.7 Å². The van der Waals surface area contributed by atoms with E-state index in [1.807, 2.05) is 6.92 Å². The first-order valence-corrected chi connectivity index (χ1v) is 7.78. The number of nitrogens with one attached hydrogen (secondary N) is 2. The third-order valence-corrected chi connectivity index (χ3v) is 3.81. The quantitative estimate of drug-likeness (QED) is 0.524. The van der Waals surface area contributed by atoms with Crippen molar-refractivity contribution in [2.24, 2.45) is 5.73 Å². The third kappa shape index (κ3) is 3.96. The van der Waals surface area contributed by atoms with Crippen LogP contribution in [-0.4, -0.2) is 28.4 Å². The van der Waals surface area contributed by atoms with Gasteiger partial charge in [-0.2, -0.15) is 0 Å². The van der Waals surface area contributed by atoms with Gasteiger partial charge in [-0.25, -0.2) is 0 Å². The van der Waals surface area contributed by atoms with E-state index in [-0.39, 0.29) is 23.8 Å². The third-order valence-electron chi connectivity index (χ3n) is 3.81. The fourth-order valence-electron chi connectivity index (χ4n) is 2.51. The zero-order valence-corrected chi connectivity index (χ0v) is 13.4. The van der Waals surface area contributed by atoms with Crippen molar-refractivity contribution >= 4 is 22.5 Å². The number of fused-ring (bicyclic) bond motifs is 1. The summed E-state index contributed by atoms with van der Waals surface area (Å²) in [5.41, 5.74) is 5.56. The number of unbranched alkanes of at least 4 members (excludes halogenated alkanes) is 1. The fraction of sp³-hybridized carbons (Fsp3) is 0.375.